The predicted octanol–water partition coefficient (Wildman–Crippen LogP) is 5.54. The lowest BCUT2D eigenvalue weighted by Crippen LogP contribution is -2.20. The van der Waals surface area contributed by atoms with Gasteiger partial charge in [-0.15, -0.1) is 0 Å². The summed E-state index contributed by atoms with van der Waals surface area (Å²) >= 11 is 0. The Kier molecular flexibility index (Phi) is 4.17. The van der Waals surface area contributed by atoms with Crippen molar-refractivity contribution in [3.8, 4) is 0 Å². The van der Waals surface area contributed by atoms with Crippen molar-refractivity contribution >= 4 is 0 Å². The van der Waals surface area contributed by atoms with E-state index in [0.717, 1.165) is 5.56 Å². The summed E-state index contributed by atoms with van der Waals surface area (Å²) in [5.41, 5.74) is 7.79. The van der Waals surface area contributed by atoms with Gasteiger partial charge < -0.3 is 5.11 Å². The molecule has 0 aliphatic heterocycles. The molecule has 21 heavy (non-hydrogen) atoms. The molecule has 0 aromatic heterocycles. The van der Waals surface area contributed by atoms with Crippen molar-refractivity contribution in [2.75, 3.05) is 0 Å². The minimum atomic E-state index is -0.449. The second-order valence-electron chi connectivity index (χ2n) is 7.45. The molecule has 0 amide bonds. The van der Waals surface area contributed by atoms with Gasteiger partial charge in [0.25, 0.3) is 0 Å². The van der Waals surface area contributed by atoms with Crippen molar-refractivity contribution in [2.45, 2.75) is 60.5 Å². The van der Waals surface area contributed by atoms with Crippen LogP contribution in [0, 0.1) is 5.41 Å². The van der Waals surface area contributed by atoms with E-state index in [-0.39, 0.29) is 5.41 Å². The van der Waals surface area contributed by atoms with Gasteiger partial charge in [-0.3, -0.25) is 0 Å². The number of aliphatic hydroxyl groups is 1. The van der Waals surface area contributed by atoms with E-state index in [4.69, 9.17) is 0 Å². The van der Waals surface area contributed by atoms with E-state index in [0.29, 0.717) is 5.92 Å². The maximum absolute atomic E-state index is 10.8. The first-order valence-corrected chi connectivity index (χ1v) is 7.78. The van der Waals surface area contributed by atoms with Crippen LogP contribution in [0.25, 0.3) is 0 Å². The van der Waals surface area contributed by atoms with E-state index in [1.165, 1.54) is 27.9 Å². The quantitative estimate of drug-likeness (QED) is 0.756. The van der Waals surface area contributed by atoms with Crippen LogP contribution in [0.3, 0.4) is 0 Å². The summed E-state index contributed by atoms with van der Waals surface area (Å²) < 4.78 is 0. The number of hydrogen-bond donors (Lipinski definition) is 1. The average molecular weight is 284 g/mol. The van der Waals surface area contributed by atoms with Crippen LogP contribution in [-0.4, -0.2) is 5.11 Å². The molecule has 1 aromatic carbocycles. The SMILES string of the molecule is CC1=C(C)C(c2ccccc2C(O)C(C)(C)C)C(C)=C1C. The molecule has 1 aliphatic rings. The Morgan fingerprint density at radius 2 is 1.38 bits per heavy atom. The topological polar surface area (TPSA) is 20.2 Å². The molecule has 1 N–H and O–H groups in total. The van der Waals surface area contributed by atoms with Gasteiger partial charge in [-0.05, 0) is 55.4 Å². The number of benzene rings is 1. The molecule has 1 aromatic rings. The minimum Gasteiger partial charge on any atom is -0.388 e. The first kappa shape index (κ1) is 16.0. The van der Waals surface area contributed by atoms with Crippen LogP contribution >= 0.6 is 0 Å². The molecule has 0 bridgehead atoms. The van der Waals surface area contributed by atoms with Gasteiger partial charge in [0, 0.05) is 5.92 Å². The number of allylic oxidation sites excluding steroid dienone is 4. The molecule has 0 saturated heterocycles. The summed E-state index contributed by atoms with van der Waals surface area (Å²) in [5.74, 6) is 0.318. The van der Waals surface area contributed by atoms with Crippen LogP contribution in [0.5, 0.6) is 0 Å². The summed E-state index contributed by atoms with van der Waals surface area (Å²) in [5, 5.41) is 10.8. The van der Waals surface area contributed by atoms with Crippen LogP contribution in [0.4, 0.5) is 0 Å². The van der Waals surface area contributed by atoms with Crippen molar-refractivity contribution in [2.24, 2.45) is 5.41 Å². The smallest absolute Gasteiger partial charge is 0.0841 e. The molecule has 2 rings (SSSR count). The van der Waals surface area contributed by atoms with Gasteiger partial charge in [-0.1, -0.05) is 56.2 Å². The Morgan fingerprint density at radius 1 is 0.905 bits per heavy atom. The van der Waals surface area contributed by atoms with Gasteiger partial charge >= 0.3 is 0 Å². The number of rotatable bonds is 2. The Bertz CT molecular complexity index is 587. The highest BCUT2D eigenvalue weighted by Crippen LogP contribution is 2.46. The molecule has 0 radical (unpaired) electrons. The van der Waals surface area contributed by atoms with Gasteiger partial charge in [-0.2, -0.15) is 0 Å². The Hall–Kier alpha value is -1.34. The highest BCUT2D eigenvalue weighted by atomic mass is 16.3. The maximum atomic E-state index is 10.8. The summed E-state index contributed by atoms with van der Waals surface area (Å²) in [7, 11) is 0. The van der Waals surface area contributed by atoms with Gasteiger partial charge in [0.05, 0.1) is 6.10 Å². The largest absolute Gasteiger partial charge is 0.388 e. The monoisotopic (exact) mass is 284 g/mol. The van der Waals surface area contributed by atoms with E-state index < -0.39 is 6.10 Å². The lowest BCUT2D eigenvalue weighted by molar-refractivity contribution is 0.0618. The third kappa shape index (κ3) is 2.72. The molecular formula is C20H28O. The number of aliphatic hydroxyl groups excluding tert-OH is 1. The summed E-state index contributed by atoms with van der Waals surface area (Å²) in [4.78, 5) is 0. The Balaban J connectivity index is 2.58. The highest BCUT2D eigenvalue weighted by Gasteiger charge is 2.32. The van der Waals surface area contributed by atoms with Crippen molar-refractivity contribution in [3.63, 3.8) is 0 Å². The highest BCUT2D eigenvalue weighted by molar-refractivity contribution is 5.55. The van der Waals surface area contributed by atoms with Crippen molar-refractivity contribution in [3.05, 3.63) is 57.7 Å². The zero-order valence-corrected chi connectivity index (χ0v) is 14.4. The average Bonchev–Trinajstić information content (AvgIpc) is 2.61. The van der Waals surface area contributed by atoms with Crippen LogP contribution < -0.4 is 0 Å². The molecule has 1 nitrogen and oxygen atoms in total. The third-order valence-corrected chi connectivity index (χ3v) is 5.03. The Morgan fingerprint density at radius 3 is 1.86 bits per heavy atom. The standard InChI is InChI=1S/C20H28O/c1-12-13(2)15(4)18(14(12)3)16-10-8-9-11-17(16)19(21)20(5,6)7/h8-11,18-19,21H,1-7H3. The van der Waals surface area contributed by atoms with Crippen LogP contribution in [0.15, 0.2) is 46.6 Å². The van der Waals surface area contributed by atoms with Gasteiger partial charge in [-0.25, -0.2) is 0 Å². The van der Waals surface area contributed by atoms with E-state index in [2.05, 4.69) is 66.7 Å². The maximum Gasteiger partial charge on any atom is 0.0841 e. The van der Waals surface area contributed by atoms with Gasteiger partial charge in [0.15, 0.2) is 0 Å². The Labute approximate surface area is 129 Å². The van der Waals surface area contributed by atoms with Gasteiger partial charge in [0.2, 0.25) is 0 Å². The first-order chi connectivity index (χ1) is 9.66. The molecular weight excluding hydrogens is 256 g/mol. The third-order valence-electron chi connectivity index (χ3n) is 5.03. The minimum absolute atomic E-state index is 0.159. The lowest BCUT2D eigenvalue weighted by atomic mass is 9.78. The van der Waals surface area contributed by atoms with Crippen molar-refractivity contribution in [1.82, 2.24) is 0 Å². The fourth-order valence-corrected chi connectivity index (χ4v) is 3.31. The molecule has 114 valence electrons. The van der Waals surface area contributed by atoms with Crippen molar-refractivity contribution in [1.29, 1.82) is 0 Å². The molecule has 1 heteroatoms. The molecule has 1 unspecified atom stereocenters. The van der Waals surface area contributed by atoms with E-state index >= 15 is 0 Å². The van der Waals surface area contributed by atoms with E-state index in [1.807, 2.05) is 6.07 Å². The summed E-state index contributed by atoms with van der Waals surface area (Å²) in [6.45, 7) is 15.1. The zero-order chi connectivity index (χ0) is 15.9. The molecule has 0 saturated carbocycles. The van der Waals surface area contributed by atoms with Crippen LogP contribution in [0.2, 0.25) is 0 Å². The zero-order valence-electron chi connectivity index (χ0n) is 14.4. The van der Waals surface area contributed by atoms with Crippen molar-refractivity contribution < 1.29 is 5.11 Å². The molecule has 0 fully saturated rings. The van der Waals surface area contributed by atoms with Gasteiger partial charge in [0.1, 0.15) is 0 Å². The lowest BCUT2D eigenvalue weighted by Gasteiger charge is -2.30. The predicted molar refractivity (Wildman–Crippen MR) is 90.3 cm³/mol. The summed E-state index contributed by atoms with van der Waals surface area (Å²) in [6, 6.07) is 8.36. The van der Waals surface area contributed by atoms with E-state index in [9.17, 15) is 5.11 Å². The molecule has 0 spiro atoms. The fourth-order valence-electron chi connectivity index (χ4n) is 3.31. The van der Waals surface area contributed by atoms with E-state index in [1.54, 1.807) is 0 Å². The van der Waals surface area contributed by atoms with Crippen LogP contribution in [-0.2, 0) is 0 Å². The second-order valence-corrected chi connectivity index (χ2v) is 7.45. The molecule has 1 aliphatic carbocycles. The molecule has 0 heterocycles. The molecule has 1 atom stereocenters. The van der Waals surface area contributed by atoms with Crippen LogP contribution in [0.1, 0.15) is 71.6 Å². The summed E-state index contributed by atoms with van der Waals surface area (Å²) in [6.07, 6.45) is -0.449. The second kappa shape index (κ2) is 5.46. The fraction of sp³-hybridized carbons (Fsp3) is 0.500. The first-order valence-electron chi connectivity index (χ1n) is 7.78. The normalized spacial score (nSPS) is 18.7. The number of hydrogen-bond acceptors (Lipinski definition) is 1.